The predicted molar refractivity (Wildman–Crippen MR) is 104 cm³/mol. The summed E-state index contributed by atoms with van der Waals surface area (Å²) in [5.74, 6) is 0. The van der Waals surface area contributed by atoms with Crippen LogP contribution in [0.3, 0.4) is 0 Å². The van der Waals surface area contributed by atoms with Gasteiger partial charge >= 0.3 is 6.09 Å². The largest absolute Gasteiger partial charge is 0.444 e. The third kappa shape index (κ3) is 7.37. The van der Waals surface area contributed by atoms with Crippen molar-refractivity contribution in [2.45, 2.75) is 90.3 Å². The van der Waals surface area contributed by atoms with E-state index in [0.717, 1.165) is 32.1 Å². The molecule has 0 radical (unpaired) electrons. The van der Waals surface area contributed by atoms with Gasteiger partial charge in [0.15, 0.2) is 0 Å². The van der Waals surface area contributed by atoms with E-state index in [1.54, 1.807) is 0 Å². The summed E-state index contributed by atoms with van der Waals surface area (Å²) in [7, 11) is 0. The average molecular weight is 347 g/mol. The molecule has 0 aromatic heterocycles. The molecule has 0 spiro atoms. The zero-order valence-corrected chi connectivity index (χ0v) is 16.2. The molecule has 0 saturated heterocycles. The molecule has 0 bridgehead atoms. The molecule has 25 heavy (non-hydrogen) atoms. The number of anilines is 1. The van der Waals surface area contributed by atoms with Crippen LogP contribution in [0.5, 0.6) is 0 Å². The molecule has 0 aliphatic heterocycles. The Hall–Kier alpha value is -1.71. The first kappa shape index (κ1) is 19.6. The Morgan fingerprint density at radius 2 is 1.84 bits per heavy atom. The van der Waals surface area contributed by atoms with Crippen molar-refractivity contribution >= 4 is 11.8 Å². The van der Waals surface area contributed by atoms with Crippen LogP contribution < -0.4 is 10.6 Å². The van der Waals surface area contributed by atoms with Crippen LogP contribution in [-0.2, 0) is 11.2 Å². The number of hydrogen-bond donors (Lipinski definition) is 2. The second-order valence-electron chi connectivity index (χ2n) is 8.15. The number of hydrogen-bond acceptors (Lipinski definition) is 3. The van der Waals surface area contributed by atoms with E-state index >= 15 is 0 Å². The van der Waals surface area contributed by atoms with Gasteiger partial charge < -0.3 is 15.4 Å². The molecule has 1 saturated carbocycles. The number of aryl methyl sites for hydroxylation is 1. The van der Waals surface area contributed by atoms with Gasteiger partial charge in [0.1, 0.15) is 5.60 Å². The molecule has 4 heteroatoms. The topological polar surface area (TPSA) is 50.4 Å². The van der Waals surface area contributed by atoms with Crippen LogP contribution in [0.15, 0.2) is 24.3 Å². The summed E-state index contributed by atoms with van der Waals surface area (Å²) in [6.07, 6.45) is 7.54. The number of unbranched alkanes of at least 4 members (excludes halogenated alkanes) is 1. The van der Waals surface area contributed by atoms with Gasteiger partial charge in [-0.05, 0) is 77.0 Å². The maximum Gasteiger partial charge on any atom is 0.407 e. The number of benzene rings is 1. The van der Waals surface area contributed by atoms with Crippen molar-refractivity contribution in [1.82, 2.24) is 5.32 Å². The Kier molecular flexibility index (Phi) is 7.15. The van der Waals surface area contributed by atoms with Crippen LogP contribution in [0.4, 0.5) is 10.5 Å². The minimum absolute atomic E-state index is 0.185. The van der Waals surface area contributed by atoms with Gasteiger partial charge in [0.2, 0.25) is 0 Å². The minimum atomic E-state index is -0.448. The summed E-state index contributed by atoms with van der Waals surface area (Å²) in [6.45, 7) is 7.90. The van der Waals surface area contributed by atoms with Crippen molar-refractivity contribution in [3.05, 3.63) is 29.8 Å². The summed E-state index contributed by atoms with van der Waals surface area (Å²) in [5, 5.41) is 6.65. The fourth-order valence-corrected chi connectivity index (χ4v) is 3.31. The van der Waals surface area contributed by atoms with Crippen LogP contribution in [0.25, 0.3) is 0 Å². The number of nitrogens with one attached hydrogen (secondary N) is 2. The Labute approximate surface area is 152 Å². The minimum Gasteiger partial charge on any atom is -0.444 e. The van der Waals surface area contributed by atoms with E-state index in [-0.39, 0.29) is 12.1 Å². The molecule has 1 fully saturated rings. The fourth-order valence-electron chi connectivity index (χ4n) is 3.31. The Morgan fingerprint density at radius 3 is 2.48 bits per heavy atom. The molecule has 2 N–H and O–H groups in total. The van der Waals surface area contributed by atoms with Gasteiger partial charge in [-0.1, -0.05) is 25.5 Å². The molecule has 1 aliphatic carbocycles. The number of alkyl carbamates (subject to hydrolysis) is 1. The Morgan fingerprint density at radius 1 is 1.16 bits per heavy atom. The molecule has 1 aliphatic rings. The standard InChI is InChI=1S/C21H34N2O2/c1-5-6-8-16-11-13-17(14-12-16)22-18-9-7-10-19(15-18)23-20(24)25-21(2,3)4/h11-14,18-19,22H,5-10,15H2,1-4H3,(H,23,24). The smallest absolute Gasteiger partial charge is 0.407 e. The maximum atomic E-state index is 12.0. The maximum absolute atomic E-state index is 12.0. The first-order valence-corrected chi connectivity index (χ1v) is 9.70. The lowest BCUT2D eigenvalue weighted by Gasteiger charge is -2.31. The summed E-state index contributed by atoms with van der Waals surface area (Å²) in [4.78, 5) is 12.0. The van der Waals surface area contributed by atoms with Crippen LogP contribution in [0.1, 0.15) is 71.8 Å². The van der Waals surface area contributed by atoms with Gasteiger partial charge in [-0.25, -0.2) is 4.79 Å². The van der Waals surface area contributed by atoms with Crippen molar-refractivity contribution < 1.29 is 9.53 Å². The third-order valence-electron chi connectivity index (χ3n) is 4.54. The second kappa shape index (κ2) is 9.12. The highest BCUT2D eigenvalue weighted by molar-refractivity contribution is 5.68. The van der Waals surface area contributed by atoms with E-state index in [0.29, 0.717) is 6.04 Å². The van der Waals surface area contributed by atoms with Gasteiger partial charge in [0.05, 0.1) is 0 Å². The Balaban J connectivity index is 1.81. The van der Waals surface area contributed by atoms with Crippen molar-refractivity contribution in [3.8, 4) is 0 Å². The van der Waals surface area contributed by atoms with Crippen LogP contribution in [-0.4, -0.2) is 23.8 Å². The van der Waals surface area contributed by atoms with Gasteiger partial charge in [-0.15, -0.1) is 0 Å². The molecular formula is C21H34N2O2. The zero-order chi connectivity index (χ0) is 18.3. The monoisotopic (exact) mass is 346 g/mol. The highest BCUT2D eigenvalue weighted by atomic mass is 16.6. The van der Waals surface area contributed by atoms with Gasteiger partial charge in [0, 0.05) is 17.8 Å². The van der Waals surface area contributed by atoms with E-state index in [2.05, 4.69) is 41.8 Å². The third-order valence-corrected chi connectivity index (χ3v) is 4.54. The number of rotatable bonds is 6. The number of amides is 1. The van der Waals surface area contributed by atoms with Gasteiger partial charge in [-0.2, -0.15) is 0 Å². The molecule has 4 nitrogen and oxygen atoms in total. The normalized spacial score (nSPS) is 20.8. The lowest BCUT2D eigenvalue weighted by atomic mass is 9.91. The van der Waals surface area contributed by atoms with E-state index in [1.807, 2.05) is 20.8 Å². The summed E-state index contributed by atoms with van der Waals surface area (Å²) >= 11 is 0. The van der Waals surface area contributed by atoms with Crippen molar-refractivity contribution in [2.24, 2.45) is 0 Å². The van der Waals surface area contributed by atoms with E-state index in [1.165, 1.54) is 24.1 Å². The molecular weight excluding hydrogens is 312 g/mol. The molecule has 0 heterocycles. The number of carbonyl (C=O) groups excluding carboxylic acids is 1. The first-order valence-electron chi connectivity index (χ1n) is 9.70. The van der Waals surface area contributed by atoms with E-state index in [4.69, 9.17) is 4.74 Å². The SMILES string of the molecule is CCCCc1ccc(NC2CCCC(NC(=O)OC(C)(C)C)C2)cc1. The predicted octanol–water partition coefficient (Wildman–Crippen LogP) is 5.28. The van der Waals surface area contributed by atoms with E-state index < -0.39 is 5.60 Å². The van der Waals surface area contributed by atoms with Crippen LogP contribution in [0.2, 0.25) is 0 Å². The quantitative estimate of drug-likeness (QED) is 0.737. The summed E-state index contributed by atoms with van der Waals surface area (Å²) in [5.41, 5.74) is 2.12. The van der Waals surface area contributed by atoms with Gasteiger partial charge in [-0.3, -0.25) is 0 Å². The van der Waals surface area contributed by atoms with Crippen molar-refractivity contribution in [3.63, 3.8) is 0 Å². The Bertz CT molecular complexity index is 534. The van der Waals surface area contributed by atoms with Crippen LogP contribution >= 0.6 is 0 Å². The number of ether oxygens (including phenoxy) is 1. The second-order valence-corrected chi connectivity index (χ2v) is 8.15. The molecule has 1 aromatic rings. The molecule has 2 unspecified atom stereocenters. The highest BCUT2D eigenvalue weighted by Crippen LogP contribution is 2.23. The zero-order valence-electron chi connectivity index (χ0n) is 16.2. The lowest BCUT2D eigenvalue weighted by molar-refractivity contribution is 0.0492. The highest BCUT2D eigenvalue weighted by Gasteiger charge is 2.25. The molecule has 2 atom stereocenters. The van der Waals surface area contributed by atoms with Crippen molar-refractivity contribution in [1.29, 1.82) is 0 Å². The number of carbonyl (C=O) groups is 1. The summed E-state index contributed by atoms with van der Waals surface area (Å²) in [6, 6.07) is 9.38. The molecule has 1 amide bonds. The molecule has 140 valence electrons. The van der Waals surface area contributed by atoms with Crippen LogP contribution in [0, 0.1) is 0 Å². The first-order chi connectivity index (χ1) is 11.9. The average Bonchev–Trinajstić information content (AvgIpc) is 2.52. The van der Waals surface area contributed by atoms with Gasteiger partial charge in [0.25, 0.3) is 0 Å². The lowest BCUT2D eigenvalue weighted by Crippen LogP contribution is -2.43. The van der Waals surface area contributed by atoms with E-state index in [9.17, 15) is 4.79 Å². The fraction of sp³-hybridized carbons (Fsp3) is 0.667. The van der Waals surface area contributed by atoms with Crippen molar-refractivity contribution in [2.75, 3.05) is 5.32 Å². The summed E-state index contributed by atoms with van der Waals surface area (Å²) < 4.78 is 5.37. The molecule has 1 aromatic carbocycles. The molecule has 2 rings (SSSR count).